The molecule has 0 aliphatic rings. The molecule has 1 aromatic rings. The van der Waals surface area contributed by atoms with Crippen LogP contribution in [0.4, 0.5) is 5.69 Å². The topological polar surface area (TPSA) is 49.8 Å². The molecule has 0 saturated heterocycles. The molecule has 1 aromatic carbocycles. The van der Waals surface area contributed by atoms with E-state index in [2.05, 4.69) is 15.9 Å². The normalized spacial score (nSPS) is 9.18. The van der Waals surface area contributed by atoms with Crippen LogP contribution in [0.25, 0.3) is 0 Å². The molecule has 0 saturated carbocycles. The van der Waals surface area contributed by atoms with Gasteiger partial charge in [-0.15, -0.1) is 0 Å². The largest absolute Gasteiger partial charge is 0.398 e. The Morgan fingerprint density at radius 1 is 1.55 bits per heavy atom. The molecule has 0 unspecified atom stereocenters. The molecule has 0 atom stereocenters. The number of anilines is 1. The number of nitrogen functional groups attached to an aromatic ring is 1. The van der Waals surface area contributed by atoms with Crippen LogP contribution in [0.1, 0.15) is 5.56 Å². The first-order chi connectivity index (χ1) is 5.16. The molecular formula is C7H4BrClN2. The number of hydrogen-bond donors (Lipinski definition) is 1. The van der Waals surface area contributed by atoms with Gasteiger partial charge in [0.15, 0.2) is 0 Å². The van der Waals surface area contributed by atoms with E-state index in [-0.39, 0.29) is 0 Å². The van der Waals surface area contributed by atoms with Gasteiger partial charge in [0.1, 0.15) is 6.07 Å². The Kier molecular flexibility index (Phi) is 2.38. The van der Waals surface area contributed by atoms with Gasteiger partial charge >= 0.3 is 0 Å². The summed E-state index contributed by atoms with van der Waals surface area (Å²) in [5.74, 6) is 0. The predicted molar refractivity (Wildman–Crippen MR) is 48.3 cm³/mol. The molecule has 11 heavy (non-hydrogen) atoms. The summed E-state index contributed by atoms with van der Waals surface area (Å²) in [5, 5.41) is 9.10. The SMILES string of the molecule is N#Cc1c(N)ccc(Cl)c1Br. The number of nitrogens with zero attached hydrogens (tertiary/aromatic N) is 1. The molecule has 0 spiro atoms. The molecule has 4 heteroatoms. The van der Waals surface area contributed by atoms with Gasteiger partial charge in [-0.2, -0.15) is 5.26 Å². The fourth-order valence-corrected chi connectivity index (χ4v) is 1.29. The van der Waals surface area contributed by atoms with Crippen LogP contribution in [0.15, 0.2) is 16.6 Å². The van der Waals surface area contributed by atoms with E-state index in [0.29, 0.717) is 20.7 Å². The Morgan fingerprint density at radius 2 is 2.18 bits per heavy atom. The monoisotopic (exact) mass is 230 g/mol. The summed E-state index contributed by atoms with van der Waals surface area (Å²) in [6, 6.07) is 5.19. The maximum absolute atomic E-state index is 8.61. The highest BCUT2D eigenvalue weighted by molar-refractivity contribution is 9.10. The van der Waals surface area contributed by atoms with Gasteiger partial charge in [0.25, 0.3) is 0 Å². The van der Waals surface area contributed by atoms with E-state index in [1.165, 1.54) is 0 Å². The molecule has 2 nitrogen and oxygen atoms in total. The highest BCUT2D eigenvalue weighted by atomic mass is 79.9. The van der Waals surface area contributed by atoms with E-state index in [4.69, 9.17) is 22.6 Å². The van der Waals surface area contributed by atoms with Gasteiger partial charge in [-0.05, 0) is 28.1 Å². The first kappa shape index (κ1) is 8.38. The van der Waals surface area contributed by atoms with Gasteiger partial charge in [0.05, 0.1) is 20.7 Å². The van der Waals surface area contributed by atoms with Crippen LogP contribution in [-0.4, -0.2) is 0 Å². The van der Waals surface area contributed by atoms with Crippen molar-refractivity contribution in [2.75, 3.05) is 5.73 Å². The molecule has 0 amide bonds. The summed E-state index contributed by atoms with van der Waals surface area (Å²) < 4.78 is 0.557. The zero-order chi connectivity index (χ0) is 8.43. The third-order valence-corrected chi connectivity index (χ3v) is 2.61. The van der Waals surface area contributed by atoms with Crippen molar-refractivity contribution in [2.24, 2.45) is 0 Å². The zero-order valence-corrected chi connectivity index (χ0v) is 7.78. The van der Waals surface area contributed by atoms with Gasteiger partial charge in [0, 0.05) is 0 Å². The summed E-state index contributed by atoms with van der Waals surface area (Å²) in [6.07, 6.45) is 0. The van der Waals surface area contributed by atoms with Gasteiger partial charge < -0.3 is 5.73 Å². The number of benzene rings is 1. The van der Waals surface area contributed by atoms with E-state index >= 15 is 0 Å². The van der Waals surface area contributed by atoms with Gasteiger partial charge in [-0.3, -0.25) is 0 Å². The van der Waals surface area contributed by atoms with Crippen molar-refractivity contribution in [3.05, 3.63) is 27.2 Å². The lowest BCUT2D eigenvalue weighted by atomic mass is 10.2. The Bertz CT molecular complexity index is 330. The van der Waals surface area contributed by atoms with Crippen molar-refractivity contribution in [3.8, 4) is 6.07 Å². The highest BCUT2D eigenvalue weighted by Crippen LogP contribution is 2.29. The molecule has 0 aliphatic heterocycles. The summed E-state index contributed by atoms with van der Waals surface area (Å²) in [7, 11) is 0. The standard InChI is InChI=1S/C7H4BrClN2/c8-7-4(3-10)6(11)2-1-5(7)9/h1-2H,11H2. The maximum Gasteiger partial charge on any atom is 0.103 e. The second-order valence-electron chi connectivity index (χ2n) is 1.94. The van der Waals surface area contributed by atoms with Crippen molar-refractivity contribution in [2.45, 2.75) is 0 Å². The zero-order valence-electron chi connectivity index (χ0n) is 5.44. The lowest BCUT2D eigenvalue weighted by molar-refractivity contribution is 1.47. The number of halogens is 2. The number of hydrogen-bond acceptors (Lipinski definition) is 2. The van der Waals surface area contributed by atoms with E-state index < -0.39 is 0 Å². The smallest absolute Gasteiger partial charge is 0.103 e. The summed E-state index contributed by atoms with van der Waals surface area (Å²) in [6.45, 7) is 0. The van der Waals surface area contributed by atoms with Gasteiger partial charge in [-0.25, -0.2) is 0 Å². The molecule has 0 radical (unpaired) electrons. The third-order valence-electron chi connectivity index (χ3n) is 1.24. The van der Waals surface area contributed by atoms with Crippen LogP contribution < -0.4 is 5.73 Å². The van der Waals surface area contributed by atoms with Crippen molar-refractivity contribution in [3.63, 3.8) is 0 Å². The summed E-state index contributed by atoms with van der Waals surface area (Å²) in [5.41, 5.74) is 6.31. The Morgan fingerprint density at radius 3 is 2.64 bits per heavy atom. The number of rotatable bonds is 0. The Hall–Kier alpha value is -0.720. The molecular weight excluding hydrogens is 227 g/mol. The van der Waals surface area contributed by atoms with E-state index in [0.717, 1.165) is 0 Å². The molecule has 0 heterocycles. The molecule has 1 rings (SSSR count). The minimum Gasteiger partial charge on any atom is -0.398 e. The molecule has 0 aliphatic carbocycles. The fraction of sp³-hybridized carbons (Fsp3) is 0. The maximum atomic E-state index is 8.61. The van der Waals surface area contributed by atoms with Crippen molar-refractivity contribution >= 4 is 33.2 Å². The summed E-state index contributed by atoms with van der Waals surface area (Å²) >= 11 is 8.87. The minimum absolute atomic E-state index is 0.387. The van der Waals surface area contributed by atoms with Crippen LogP contribution >= 0.6 is 27.5 Å². The highest BCUT2D eigenvalue weighted by Gasteiger charge is 2.06. The second kappa shape index (κ2) is 3.12. The van der Waals surface area contributed by atoms with Crippen molar-refractivity contribution < 1.29 is 0 Å². The van der Waals surface area contributed by atoms with Crippen LogP contribution in [0.5, 0.6) is 0 Å². The van der Waals surface area contributed by atoms with E-state index in [9.17, 15) is 0 Å². The molecule has 56 valence electrons. The first-order valence-electron chi connectivity index (χ1n) is 2.80. The number of nitriles is 1. The average molecular weight is 231 g/mol. The van der Waals surface area contributed by atoms with Crippen molar-refractivity contribution in [1.82, 2.24) is 0 Å². The molecule has 0 fully saturated rings. The average Bonchev–Trinajstić information content (AvgIpc) is 1.99. The fourth-order valence-electron chi connectivity index (χ4n) is 0.679. The first-order valence-corrected chi connectivity index (χ1v) is 3.97. The number of nitrogens with two attached hydrogens (primary N) is 1. The molecule has 0 aromatic heterocycles. The Balaban J connectivity index is 3.44. The van der Waals surface area contributed by atoms with Crippen LogP contribution in [0.3, 0.4) is 0 Å². The van der Waals surface area contributed by atoms with E-state index in [1.54, 1.807) is 12.1 Å². The Labute approximate surface area is 77.7 Å². The van der Waals surface area contributed by atoms with Gasteiger partial charge in [-0.1, -0.05) is 11.6 Å². The minimum atomic E-state index is 0.387. The quantitative estimate of drug-likeness (QED) is 0.698. The lowest BCUT2D eigenvalue weighted by Crippen LogP contribution is -1.90. The molecule has 0 bridgehead atoms. The third kappa shape index (κ3) is 1.47. The second-order valence-corrected chi connectivity index (χ2v) is 3.14. The van der Waals surface area contributed by atoms with Crippen LogP contribution in [-0.2, 0) is 0 Å². The van der Waals surface area contributed by atoms with Crippen LogP contribution in [0.2, 0.25) is 5.02 Å². The lowest BCUT2D eigenvalue weighted by Gasteiger charge is -2.00. The van der Waals surface area contributed by atoms with Gasteiger partial charge in [0.2, 0.25) is 0 Å². The van der Waals surface area contributed by atoms with E-state index in [1.807, 2.05) is 6.07 Å². The molecule has 2 N–H and O–H groups in total. The van der Waals surface area contributed by atoms with Crippen molar-refractivity contribution in [1.29, 1.82) is 5.26 Å². The summed E-state index contributed by atoms with van der Waals surface area (Å²) in [4.78, 5) is 0. The van der Waals surface area contributed by atoms with Crippen LogP contribution in [0, 0.1) is 11.3 Å². The predicted octanol–water partition coefficient (Wildman–Crippen LogP) is 2.56.